The van der Waals surface area contributed by atoms with Crippen LogP contribution in [-0.2, 0) is 9.47 Å². The maximum absolute atomic E-state index is 11.1. The minimum Gasteiger partial charge on any atom is -0.463 e. The van der Waals surface area contributed by atoms with Gasteiger partial charge in [-0.25, -0.2) is 9.59 Å². The first-order valence-electron chi connectivity index (χ1n) is 3.16. The van der Waals surface area contributed by atoms with Gasteiger partial charge in [0.15, 0.2) is 0 Å². The molecule has 0 spiro atoms. The van der Waals surface area contributed by atoms with Crippen molar-refractivity contribution in [2.24, 2.45) is 0 Å². The van der Waals surface area contributed by atoms with Gasteiger partial charge in [-0.1, -0.05) is 0 Å². The van der Waals surface area contributed by atoms with E-state index in [1.165, 1.54) is 14.2 Å². The summed E-state index contributed by atoms with van der Waals surface area (Å²) in [5, 5.41) is 0. The zero-order chi connectivity index (χ0) is 9.84. The smallest absolute Gasteiger partial charge is 0.377 e. The molecule has 1 rings (SSSR count). The lowest BCUT2D eigenvalue weighted by Crippen LogP contribution is -2.07. The van der Waals surface area contributed by atoms with Crippen LogP contribution in [0.4, 0.5) is 0 Å². The number of carbonyl (C=O) groups excluding carboxylic acids is 2. The van der Waals surface area contributed by atoms with Crippen molar-refractivity contribution >= 4 is 35.0 Å². The van der Waals surface area contributed by atoms with Crippen LogP contribution < -0.4 is 0 Å². The third-order valence-electron chi connectivity index (χ3n) is 1.20. The minimum atomic E-state index is -0.570. The second kappa shape index (κ2) is 4.24. The van der Waals surface area contributed by atoms with Crippen molar-refractivity contribution in [3.63, 3.8) is 0 Å². The summed E-state index contributed by atoms with van der Waals surface area (Å²) in [5.41, 5.74) is 0. The maximum Gasteiger partial charge on any atom is 0.377 e. The van der Waals surface area contributed by atoms with Crippen molar-refractivity contribution in [1.82, 2.24) is 3.76 Å². The van der Waals surface area contributed by atoms with Crippen LogP contribution in [-0.4, -0.2) is 29.9 Å². The maximum atomic E-state index is 11.1. The molecule has 0 atom stereocenters. The number of methoxy groups -OCH3 is 2. The lowest BCUT2D eigenvalue weighted by Gasteiger charge is -1.91. The Morgan fingerprint density at radius 1 is 1.31 bits per heavy atom. The molecule has 1 aromatic heterocycles. The molecule has 5 nitrogen and oxygen atoms in total. The molecule has 0 fully saturated rings. The predicted octanol–water partition coefficient (Wildman–Crippen LogP) is 1.06. The molecule has 0 radical (unpaired) electrons. The van der Waals surface area contributed by atoms with E-state index in [1.807, 2.05) is 0 Å². The Morgan fingerprint density at radius 2 is 1.92 bits per heavy atom. The predicted molar refractivity (Wildman–Crippen MR) is 47.1 cm³/mol. The number of esters is 2. The molecule has 1 heterocycles. The van der Waals surface area contributed by atoms with E-state index in [0.29, 0.717) is 0 Å². The zero-order valence-corrected chi connectivity index (χ0v) is 8.53. The number of hydrogen-bond donors (Lipinski definition) is 0. The van der Waals surface area contributed by atoms with Gasteiger partial charge in [-0.05, 0) is 0 Å². The van der Waals surface area contributed by atoms with Gasteiger partial charge in [0.1, 0.15) is 0 Å². The Kier molecular flexibility index (Phi) is 3.26. The Morgan fingerprint density at radius 3 is 2.46 bits per heavy atom. The summed E-state index contributed by atoms with van der Waals surface area (Å²) in [7, 11) is 2.49. The highest BCUT2D eigenvalue weighted by Crippen LogP contribution is 2.20. The molecule has 0 aliphatic carbocycles. The summed E-state index contributed by atoms with van der Waals surface area (Å²) in [4.78, 5) is 22.5. The van der Waals surface area contributed by atoms with Gasteiger partial charge in [0.2, 0.25) is 23.1 Å². The molecule has 0 amide bonds. The summed E-state index contributed by atoms with van der Waals surface area (Å²) in [6.45, 7) is 0. The fourth-order valence-corrected chi connectivity index (χ4v) is 2.24. The zero-order valence-electron chi connectivity index (χ0n) is 6.90. The highest BCUT2D eigenvalue weighted by Gasteiger charge is 2.32. The van der Waals surface area contributed by atoms with Crippen LogP contribution >= 0.6 is 23.1 Å². The van der Waals surface area contributed by atoms with E-state index < -0.39 is 11.9 Å². The molecule has 0 aromatic carbocycles. The van der Waals surface area contributed by atoms with E-state index in [4.69, 9.17) is 0 Å². The Labute approximate surface area is 82.2 Å². The van der Waals surface area contributed by atoms with Gasteiger partial charge in [0, 0.05) is 0 Å². The number of nitrogens with zero attached hydrogens (tertiary/aromatic N) is 1. The summed E-state index contributed by atoms with van der Waals surface area (Å²) >= 11 is 1.84. The van der Waals surface area contributed by atoms with Gasteiger partial charge in [-0.2, -0.15) is 0 Å². The van der Waals surface area contributed by atoms with Gasteiger partial charge in [-0.15, -0.1) is 0 Å². The third-order valence-corrected chi connectivity index (χ3v) is 3.04. The van der Waals surface area contributed by atoms with Gasteiger partial charge in [0.05, 0.1) is 18.0 Å². The van der Waals surface area contributed by atoms with Gasteiger partial charge in [0.25, 0.3) is 9.75 Å². The molecule has 1 aromatic rings. The topological polar surface area (TPSA) is 65.5 Å². The number of rotatable bonds is 2. The standard InChI is InChI=1S/C6H6NO4S2/c1-10-5(8)3-4(6(9)11-2)13-7-12-3/h1-2H3/q+1. The van der Waals surface area contributed by atoms with Crippen LogP contribution in [0.1, 0.15) is 19.3 Å². The van der Waals surface area contributed by atoms with Crippen molar-refractivity contribution in [1.29, 1.82) is 0 Å². The SMILES string of the molecule is COC(=O)c1sn[s+]c1C(=O)OC. The quantitative estimate of drug-likeness (QED) is 0.550. The van der Waals surface area contributed by atoms with Gasteiger partial charge < -0.3 is 9.47 Å². The fraction of sp³-hybridized carbons (Fsp3) is 0.333. The highest BCUT2D eigenvalue weighted by molar-refractivity contribution is 7.24. The van der Waals surface area contributed by atoms with Crippen LogP contribution in [0.2, 0.25) is 0 Å². The summed E-state index contributed by atoms with van der Waals surface area (Å²) in [6, 6.07) is 0. The molecular formula is C6H6NO4S2+. The van der Waals surface area contributed by atoms with Crippen molar-refractivity contribution in [2.45, 2.75) is 0 Å². The van der Waals surface area contributed by atoms with Crippen LogP contribution in [0.25, 0.3) is 0 Å². The van der Waals surface area contributed by atoms with E-state index in [1.54, 1.807) is 0 Å². The highest BCUT2D eigenvalue weighted by atomic mass is 32.2. The normalized spacial score (nSPS) is 9.38. The first kappa shape index (κ1) is 10.0. The lowest BCUT2D eigenvalue weighted by molar-refractivity contribution is 0.0564. The Hall–Kier alpha value is -1.08. The second-order valence-corrected chi connectivity index (χ2v) is 3.68. The fourth-order valence-electron chi connectivity index (χ4n) is 0.621. The van der Waals surface area contributed by atoms with Gasteiger partial charge in [-0.3, -0.25) is 0 Å². The second-order valence-electron chi connectivity index (χ2n) is 1.90. The lowest BCUT2D eigenvalue weighted by atomic mass is 10.4. The molecule has 13 heavy (non-hydrogen) atoms. The molecule has 7 heteroatoms. The van der Waals surface area contributed by atoms with Crippen molar-refractivity contribution < 1.29 is 19.1 Å². The van der Waals surface area contributed by atoms with Crippen molar-refractivity contribution in [3.05, 3.63) is 9.75 Å². The van der Waals surface area contributed by atoms with Crippen LogP contribution in [0.5, 0.6) is 0 Å². The van der Waals surface area contributed by atoms with Crippen LogP contribution in [0.15, 0.2) is 0 Å². The molecule has 0 bridgehead atoms. The van der Waals surface area contributed by atoms with E-state index in [-0.39, 0.29) is 9.75 Å². The average molecular weight is 220 g/mol. The summed E-state index contributed by atoms with van der Waals surface area (Å²) in [6.07, 6.45) is 0. The van der Waals surface area contributed by atoms with E-state index in [9.17, 15) is 9.59 Å². The van der Waals surface area contributed by atoms with E-state index >= 15 is 0 Å². The summed E-state index contributed by atoms with van der Waals surface area (Å²) in [5.74, 6) is -1.14. The molecule has 0 aliphatic rings. The largest absolute Gasteiger partial charge is 0.463 e. The molecule has 0 aliphatic heterocycles. The first-order chi connectivity index (χ1) is 6.20. The molecule has 70 valence electrons. The van der Waals surface area contributed by atoms with E-state index in [2.05, 4.69) is 13.2 Å². The molecular weight excluding hydrogens is 214 g/mol. The number of aromatic nitrogens is 1. The monoisotopic (exact) mass is 220 g/mol. The number of carbonyl (C=O) groups is 2. The molecule has 0 N–H and O–H groups in total. The Balaban J connectivity index is 3.02. The third kappa shape index (κ3) is 1.99. The molecule has 0 unspecified atom stereocenters. The van der Waals surface area contributed by atoms with Crippen molar-refractivity contribution in [3.8, 4) is 0 Å². The minimum absolute atomic E-state index is 0.180. The summed E-state index contributed by atoms with van der Waals surface area (Å²) < 4.78 is 12.7. The number of ether oxygens (including phenoxy) is 2. The van der Waals surface area contributed by atoms with E-state index in [0.717, 1.165) is 23.1 Å². The average Bonchev–Trinajstić information content (AvgIpc) is 2.63. The van der Waals surface area contributed by atoms with Crippen LogP contribution in [0, 0.1) is 0 Å². The molecule has 0 saturated heterocycles. The molecule has 0 saturated carbocycles. The van der Waals surface area contributed by atoms with Crippen molar-refractivity contribution in [2.75, 3.05) is 14.2 Å². The first-order valence-corrected chi connectivity index (χ1v) is 4.70. The van der Waals surface area contributed by atoms with Crippen LogP contribution in [0.3, 0.4) is 0 Å². The Bertz CT molecular complexity index is 305. The number of hydrogen-bond acceptors (Lipinski definition) is 6. The van der Waals surface area contributed by atoms with Gasteiger partial charge >= 0.3 is 11.9 Å².